The number of methoxy groups -OCH3 is 1. The molecule has 0 saturated carbocycles. The van der Waals surface area contributed by atoms with Crippen molar-refractivity contribution in [3.05, 3.63) is 59.2 Å². The Hall–Kier alpha value is -3.21. The Morgan fingerprint density at radius 1 is 1.23 bits per heavy atom. The van der Waals surface area contributed by atoms with Gasteiger partial charge in [-0.05, 0) is 42.7 Å². The molecule has 2 aromatic rings. The van der Waals surface area contributed by atoms with Crippen LogP contribution in [0.2, 0.25) is 0 Å². The molecule has 0 spiro atoms. The fraction of sp³-hybridized carbons (Fsp3) is 0.364. The number of carbonyl (C=O) groups is 1. The number of nitrogens with zero attached hydrogens (tertiary/aromatic N) is 1. The average molecular weight is 420 g/mol. The highest BCUT2D eigenvalue weighted by atomic mass is 19.4. The molecule has 0 aliphatic carbocycles. The normalized spacial score (nSPS) is 12.0. The smallest absolute Gasteiger partial charge is 0.417 e. The van der Waals surface area contributed by atoms with E-state index in [0.29, 0.717) is 31.6 Å². The minimum Gasteiger partial charge on any atom is -0.496 e. The van der Waals surface area contributed by atoms with Crippen LogP contribution in [-0.2, 0) is 17.4 Å². The Balaban J connectivity index is 2.06. The SMILES string of the molecule is CCCC(Oc1ccc(C#N)c(C(F)(F)F)c1)C(=O)NCCc1ccccc1OC. The molecule has 30 heavy (non-hydrogen) atoms. The third-order valence-corrected chi connectivity index (χ3v) is 4.42. The molecule has 0 heterocycles. The van der Waals surface area contributed by atoms with E-state index in [1.807, 2.05) is 31.2 Å². The molecule has 0 radical (unpaired) electrons. The van der Waals surface area contributed by atoms with Gasteiger partial charge in [-0.25, -0.2) is 0 Å². The monoisotopic (exact) mass is 420 g/mol. The van der Waals surface area contributed by atoms with E-state index in [1.54, 1.807) is 7.11 Å². The Bertz CT molecular complexity index is 907. The van der Waals surface area contributed by atoms with Crippen molar-refractivity contribution < 1.29 is 27.4 Å². The number of amides is 1. The summed E-state index contributed by atoms with van der Waals surface area (Å²) in [5.41, 5.74) is -0.660. The van der Waals surface area contributed by atoms with Crippen LogP contribution in [0.5, 0.6) is 11.5 Å². The lowest BCUT2D eigenvalue weighted by Gasteiger charge is -2.19. The highest BCUT2D eigenvalue weighted by molar-refractivity contribution is 5.81. The van der Waals surface area contributed by atoms with E-state index in [2.05, 4.69) is 5.32 Å². The maximum absolute atomic E-state index is 13.2. The van der Waals surface area contributed by atoms with Gasteiger partial charge in [0.05, 0.1) is 24.3 Å². The zero-order valence-corrected chi connectivity index (χ0v) is 16.8. The fourth-order valence-electron chi connectivity index (χ4n) is 2.94. The number of halogens is 3. The van der Waals surface area contributed by atoms with Crippen molar-refractivity contribution in [1.82, 2.24) is 5.32 Å². The van der Waals surface area contributed by atoms with Crippen molar-refractivity contribution >= 4 is 5.91 Å². The number of benzene rings is 2. The molecular weight excluding hydrogens is 397 g/mol. The molecular formula is C22H23F3N2O3. The summed E-state index contributed by atoms with van der Waals surface area (Å²) in [5, 5.41) is 11.7. The topological polar surface area (TPSA) is 71.3 Å². The van der Waals surface area contributed by atoms with Gasteiger partial charge in [0.15, 0.2) is 6.10 Å². The second-order valence-electron chi connectivity index (χ2n) is 6.56. The molecule has 0 aliphatic heterocycles. The Morgan fingerprint density at radius 3 is 2.60 bits per heavy atom. The van der Waals surface area contributed by atoms with Gasteiger partial charge in [-0.1, -0.05) is 31.5 Å². The van der Waals surface area contributed by atoms with Gasteiger partial charge in [0.25, 0.3) is 5.91 Å². The number of alkyl halides is 3. The van der Waals surface area contributed by atoms with Gasteiger partial charge in [-0.3, -0.25) is 4.79 Å². The zero-order chi connectivity index (χ0) is 22.1. The van der Waals surface area contributed by atoms with Crippen molar-refractivity contribution in [2.24, 2.45) is 0 Å². The minimum atomic E-state index is -4.69. The number of rotatable bonds is 9. The number of carbonyl (C=O) groups excluding carboxylic acids is 1. The number of ether oxygens (including phenoxy) is 2. The second kappa shape index (κ2) is 10.5. The molecule has 1 amide bonds. The largest absolute Gasteiger partial charge is 0.496 e. The average Bonchev–Trinajstić information content (AvgIpc) is 2.73. The van der Waals surface area contributed by atoms with Crippen molar-refractivity contribution in [3.63, 3.8) is 0 Å². The van der Waals surface area contributed by atoms with Gasteiger partial charge < -0.3 is 14.8 Å². The Labute approximate surface area is 173 Å². The van der Waals surface area contributed by atoms with Crippen molar-refractivity contribution in [2.45, 2.75) is 38.5 Å². The summed E-state index contributed by atoms with van der Waals surface area (Å²) in [4.78, 5) is 12.5. The summed E-state index contributed by atoms with van der Waals surface area (Å²) in [7, 11) is 1.56. The first-order valence-corrected chi connectivity index (χ1v) is 9.47. The van der Waals surface area contributed by atoms with Crippen LogP contribution in [0.1, 0.15) is 36.5 Å². The standard InChI is InChI=1S/C22H23F3N2O3/c1-3-6-20(21(28)27-12-11-15-7-4-5-8-19(15)29-2)30-17-10-9-16(14-26)18(13-17)22(23,24)25/h4-5,7-10,13,20H,3,6,11-12H2,1-2H3,(H,27,28). The van der Waals surface area contributed by atoms with Crippen LogP contribution in [0.25, 0.3) is 0 Å². The molecule has 0 saturated heterocycles. The van der Waals surface area contributed by atoms with Gasteiger partial charge in [0, 0.05) is 6.54 Å². The summed E-state index contributed by atoms with van der Waals surface area (Å²) in [5.74, 6) is 0.190. The molecule has 2 rings (SSSR count). The fourth-order valence-corrected chi connectivity index (χ4v) is 2.94. The van der Waals surface area contributed by atoms with Crippen molar-refractivity contribution in [3.8, 4) is 17.6 Å². The predicted octanol–water partition coefficient (Wildman–Crippen LogP) is 4.49. The van der Waals surface area contributed by atoms with E-state index in [-0.39, 0.29) is 5.75 Å². The molecule has 0 aromatic heterocycles. The van der Waals surface area contributed by atoms with Crippen LogP contribution in [0.4, 0.5) is 13.2 Å². The first-order chi connectivity index (χ1) is 14.3. The maximum Gasteiger partial charge on any atom is 0.417 e. The third kappa shape index (κ3) is 6.14. The van der Waals surface area contributed by atoms with Crippen LogP contribution >= 0.6 is 0 Å². The number of para-hydroxylation sites is 1. The highest BCUT2D eigenvalue weighted by Gasteiger charge is 2.34. The maximum atomic E-state index is 13.2. The summed E-state index contributed by atoms with van der Waals surface area (Å²) in [6.07, 6.45) is -4.16. The Morgan fingerprint density at radius 2 is 1.97 bits per heavy atom. The number of hydrogen-bond acceptors (Lipinski definition) is 4. The Kier molecular flexibility index (Phi) is 8.10. The summed E-state index contributed by atoms with van der Waals surface area (Å²) < 4.78 is 50.3. The molecule has 0 fully saturated rings. The van der Waals surface area contributed by atoms with E-state index in [4.69, 9.17) is 14.7 Å². The van der Waals surface area contributed by atoms with Gasteiger partial charge in [-0.2, -0.15) is 18.4 Å². The van der Waals surface area contributed by atoms with Gasteiger partial charge in [0.2, 0.25) is 0 Å². The van der Waals surface area contributed by atoms with E-state index in [0.717, 1.165) is 17.7 Å². The first kappa shape index (κ1) is 23.1. The lowest BCUT2D eigenvalue weighted by Crippen LogP contribution is -2.39. The molecule has 2 aromatic carbocycles. The van der Waals surface area contributed by atoms with Crippen molar-refractivity contribution in [2.75, 3.05) is 13.7 Å². The summed E-state index contributed by atoms with van der Waals surface area (Å²) in [6.45, 7) is 2.17. The van der Waals surface area contributed by atoms with Crippen LogP contribution in [0, 0.1) is 11.3 Å². The second-order valence-corrected chi connectivity index (χ2v) is 6.56. The van der Waals surface area contributed by atoms with E-state index in [9.17, 15) is 18.0 Å². The van der Waals surface area contributed by atoms with Gasteiger partial charge in [0.1, 0.15) is 11.5 Å². The lowest BCUT2D eigenvalue weighted by atomic mass is 10.1. The number of nitrogens with one attached hydrogen (secondary N) is 1. The van der Waals surface area contributed by atoms with E-state index < -0.39 is 29.3 Å². The van der Waals surface area contributed by atoms with E-state index in [1.165, 1.54) is 12.1 Å². The quantitative estimate of drug-likeness (QED) is 0.649. The molecule has 0 aliphatic rings. The summed E-state index contributed by atoms with van der Waals surface area (Å²) in [6, 6.07) is 12.0. The molecule has 1 atom stereocenters. The molecule has 8 heteroatoms. The van der Waals surface area contributed by atoms with E-state index >= 15 is 0 Å². The van der Waals surface area contributed by atoms with Crippen LogP contribution in [0.3, 0.4) is 0 Å². The molecule has 1 N–H and O–H groups in total. The molecule has 0 bridgehead atoms. The number of hydrogen-bond donors (Lipinski definition) is 1. The highest BCUT2D eigenvalue weighted by Crippen LogP contribution is 2.34. The van der Waals surface area contributed by atoms with Gasteiger partial charge in [-0.15, -0.1) is 0 Å². The molecule has 5 nitrogen and oxygen atoms in total. The molecule has 1 unspecified atom stereocenters. The van der Waals surface area contributed by atoms with Gasteiger partial charge >= 0.3 is 6.18 Å². The zero-order valence-electron chi connectivity index (χ0n) is 16.8. The van der Waals surface area contributed by atoms with Crippen molar-refractivity contribution in [1.29, 1.82) is 5.26 Å². The number of nitriles is 1. The minimum absolute atomic E-state index is 0.111. The van der Waals surface area contributed by atoms with Crippen LogP contribution in [0.15, 0.2) is 42.5 Å². The van der Waals surface area contributed by atoms with Crippen LogP contribution in [-0.4, -0.2) is 25.7 Å². The predicted molar refractivity (Wildman–Crippen MR) is 105 cm³/mol. The molecule has 160 valence electrons. The third-order valence-electron chi connectivity index (χ3n) is 4.42. The lowest BCUT2D eigenvalue weighted by molar-refractivity contribution is -0.137. The first-order valence-electron chi connectivity index (χ1n) is 9.47. The summed E-state index contributed by atoms with van der Waals surface area (Å²) >= 11 is 0. The van der Waals surface area contributed by atoms with Crippen LogP contribution < -0.4 is 14.8 Å².